The van der Waals surface area contributed by atoms with E-state index < -0.39 is 0 Å². The molecule has 0 aliphatic carbocycles. The number of hydrogen-bond acceptors (Lipinski definition) is 5. The summed E-state index contributed by atoms with van der Waals surface area (Å²) < 4.78 is 0. The molecule has 5 nitrogen and oxygen atoms in total. The summed E-state index contributed by atoms with van der Waals surface area (Å²) in [4.78, 5) is 18.0. The van der Waals surface area contributed by atoms with Crippen molar-refractivity contribution >= 4 is 22.5 Å². The van der Waals surface area contributed by atoms with Gasteiger partial charge in [0.05, 0.1) is 5.52 Å². The molecular weight excluding hydrogens is 286 g/mol. The first-order valence-corrected chi connectivity index (χ1v) is 7.94. The molecule has 3 aromatic rings. The normalized spacial score (nSPS) is 15.2. The van der Waals surface area contributed by atoms with Crippen LogP contribution in [-0.4, -0.2) is 41.1 Å². The fourth-order valence-corrected chi connectivity index (χ4v) is 3.01. The summed E-state index contributed by atoms with van der Waals surface area (Å²) >= 11 is 0. The Balaban J connectivity index is 1.50. The van der Waals surface area contributed by atoms with Crippen molar-refractivity contribution in [3.05, 3.63) is 54.5 Å². The Morgan fingerprint density at radius 2 is 1.57 bits per heavy atom. The molecule has 0 saturated carbocycles. The zero-order chi connectivity index (χ0) is 15.6. The van der Waals surface area contributed by atoms with Gasteiger partial charge in [-0.3, -0.25) is 0 Å². The van der Waals surface area contributed by atoms with Crippen LogP contribution in [0.15, 0.2) is 48.8 Å². The fourth-order valence-electron chi connectivity index (χ4n) is 3.01. The van der Waals surface area contributed by atoms with E-state index in [1.807, 2.05) is 25.1 Å². The molecule has 4 rings (SSSR count). The maximum Gasteiger partial charge on any atom is 0.132 e. The van der Waals surface area contributed by atoms with Gasteiger partial charge in [-0.25, -0.2) is 15.0 Å². The van der Waals surface area contributed by atoms with E-state index in [9.17, 15) is 0 Å². The van der Waals surface area contributed by atoms with Crippen LogP contribution in [0, 0.1) is 6.92 Å². The van der Waals surface area contributed by atoms with Gasteiger partial charge in [0.15, 0.2) is 0 Å². The van der Waals surface area contributed by atoms with Gasteiger partial charge in [0.1, 0.15) is 18.0 Å². The van der Waals surface area contributed by atoms with Crippen molar-refractivity contribution in [3.8, 4) is 0 Å². The third kappa shape index (κ3) is 2.82. The van der Waals surface area contributed by atoms with Gasteiger partial charge in [-0.1, -0.05) is 18.2 Å². The van der Waals surface area contributed by atoms with Crippen LogP contribution in [-0.2, 0) is 0 Å². The molecular formula is C18H19N5. The van der Waals surface area contributed by atoms with Crippen LogP contribution in [0.4, 0.5) is 11.6 Å². The van der Waals surface area contributed by atoms with Gasteiger partial charge in [-0.05, 0) is 25.1 Å². The molecule has 1 aliphatic rings. The van der Waals surface area contributed by atoms with Gasteiger partial charge in [0, 0.05) is 43.3 Å². The molecule has 3 heterocycles. The minimum atomic E-state index is 0.949. The zero-order valence-electron chi connectivity index (χ0n) is 13.2. The molecule has 23 heavy (non-hydrogen) atoms. The van der Waals surface area contributed by atoms with Crippen LogP contribution in [0.2, 0.25) is 0 Å². The van der Waals surface area contributed by atoms with Crippen LogP contribution in [0.25, 0.3) is 10.9 Å². The van der Waals surface area contributed by atoms with E-state index in [0.717, 1.165) is 49.0 Å². The second kappa shape index (κ2) is 5.83. The number of para-hydroxylation sites is 1. The smallest absolute Gasteiger partial charge is 0.132 e. The predicted octanol–water partition coefficient (Wildman–Crippen LogP) is 2.66. The quantitative estimate of drug-likeness (QED) is 0.728. The Morgan fingerprint density at radius 3 is 2.35 bits per heavy atom. The number of hydrogen-bond donors (Lipinski definition) is 0. The molecule has 0 bridgehead atoms. The van der Waals surface area contributed by atoms with Crippen molar-refractivity contribution in [1.82, 2.24) is 15.0 Å². The van der Waals surface area contributed by atoms with E-state index in [1.165, 1.54) is 5.39 Å². The lowest BCUT2D eigenvalue weighted by atomic mass is 10.2. The number of piperazine rings is 1. The van der Waals surface area contributed by atoms with Crippen molar-refractivity contribution in [2.45, 2.75) is 6.92 Å². The molecule has 0 N–H and O–H groups in total. The highest BCUT2D eigenvalue weighted by atomic mass is 15.3. The van der Waals surface area contributed by atoms with E-state index in [4.69, 9.17) is 4.98 Å². The van der Waals surface area contributed by atoms with Gasteiger partial charge in [0.25, 0.3) is 0 Å². The SMILES string of the molecule is Cc1cc(N2CCN(c3ccc4ccccc4n3)CC2)ncn1. The van der Waals surface area contributed by atoms with E-state index in [2.05, 4.69) is 44.0 Å². The minimum absolute atomic E-state index is 0.949. The van der Waals surface area contributed by atoms with Gasteiger partial charge < -0.3 is 9.80 Å². The maximum absolute atomic E-state index is 4.79. The molecule has 0 radical (unpaired) electrons. The summed E-state index contributed by atoms with van der Waals surface area (Å²) in [6, 6.07) is 14.6. The van der Waals surface area contributed by atoms with Crippen molar-refractivity contribution in [2.24, 2.45) is 0 Å². The second-order valence-corrected chi connectivity index (χ2v) is 5.85. The Bertz CT molecular complexity index is 824. The fraction of sp³-hybridized carbons (Fsp3) is 0.278. The number of anilines is 2. The van der Waals surface area contributed by atoms with E-state index in [-0.39, 0.29) is 0 Å². The first-order valence-electron chi connectivity index (χ1n) is 7.94. The molecule has 1 aliphatic heterocycles. The number of aryl methyl sites for hydroxylation is 1. The second-order valence-electron chi connectivity index (χ2n) is 5.85. The minimum Gasteiger partial charge on any atom is -0.353 e. The van der Waals surface area contributed by atoms with Crippen LogP contribution in [0.1, 0.15) is 5.69 Å². The summed E-state index contributed by atoms with van der Waals surface area (Å²) in [5, 5.41) is 1.19. The molecule has 1 saturated heterocycles. The predicted molar refractivity (Wildman–Crippen MR) is 92.9 cm³/mol. The monoisotopic (exact) mass is 305 g/mol. The molecule has 1 fully saturated rings. The highest BCUT2D eigenvalue weighted by molar-refractivity contribution is 5.80. The highest BCUT2D eigenvalue weighted by Gasteiger charge is 2.19. The molecule has 5 heteroatoms. The lowest BCUT2D eigenvalue weighted by molar-refractivity contribution is 0.641. The molecule has 2 aromatic heterocycles. The standard InChI is InChI=1S/C18H19N5/c1-14-12-18(20-13-19-14)23-10-8-22(9-11-23)17-7-6-15-4-2-3-5-16(15)21-17/h2-7,12-13H,8-11H2,1H3. The molecule has 0 atom stereocenters. The number of rotatable bonds is 2. The number of fused-ring (bicyclic) bond motifs is 1. The zero-order valence-corrected chi connectivity index (χ0v) is 13.2. The van der Waals surface area contributed by atoms with Gasteiger partial charge in [-0.15, -0.1) is 0 Å². The maximum atomic E-state index is 4.79. The molecule has 1 aromatic carbocycles. The lowest BCUT2D eigenvalue weighted by Gasteiger charge is -2.36. The third-order valence-electron chi connectivity index (χ3n) is 4.30. The van der Waals surface area contributed by atoms with Crippen molar-refractivity contribution in [1.29, 1.82) is 0 Å². The molecule has 116 valence electrons. The number of pyridine rings is 1. The van der Waals surface area contributed by atoms with Gasteiger partial charge in [-0.2, -0.15) is 0 Å². The Labute approximate surface area is 135 Å². The summed E-state index contributed by atoms with van der Waals surface area (Å²) in [5.74, 6) is 2.07. The van der Waals surface area contributed by atoms with Crippen molar-refractivity contribution in [3.63, 3.8) is 0 Å². The van der Waals surface area contributed by atoms with Gasteiger partial charge >= 0.3 is 0 Å². The van der Waals surface area contributed by atoms with Crippen LogP contribution < -0.4 is 9.80 Å². The first-order chi connectivity index (χ1) is 11.3. The summed E-state index contributed by atoms with van der Waals surface area (Å²) in [6.45, 7) is 5.80. The van der Waals surface area contributed by atoms with Crippen molar-refractivity contribution < 1.29 is 0 Å². The highest BCUT2D eigenvalue weighted by Crippen LogP contribution is 2.20. The average molecular weight is 305 g/mol. The number of benzene rings is 1. The lowest BCUT2D eigenvalue weighted by Crippen LogP contribution is -2.47. The largest absolute Gasteiger partial charge is 0.353 e. The summed E-state index contributed by atoms with van der Waals surface area (Å²) in [7, 11) is 0. The van der Waals surface area contributed by atoms with Crippen LogP contribution in [0.3, 0.4) is 0 Å². The molecule has 0 amide bonds. The van der Waals surface area contributed by atoms with E-state index >= 15 is 0 Å². The molecule has 0 unspecified atom stereocenters. The van der Waals surface area contributed by atoms with E-state index in [1.54, 1.807) is 6.33 Å². The Hall–Kier alpha value is -2.69. The molecule has 0 spiro atoms. The Morgan fingerprint density at radius 1 is 0.826 bits per heavy atom. The average Bonchev–Trinajstić information content (AvgIpc) is 2.61. The summed E-state index contributed by atoms with van der Waals surface area (Å²) in [6.07, 6.45) is 1.64. The summed E-state index contributed by atoms with van der Waals surface area (Å²) in [5.41, 5.74) is 2.06. The van der Waals surface area contributed by atoms with Crippen molar-refractivity contribution in [2.75, 3.05) is 36.0 Å². The third-order valence-corrected chi connectivity index (χ3v) is 4.30. The topological polar surface area (TPSA) is 45.2 Å². The number of aromatic nitrogens is 3. The van der Waals surface area contributed by atoms with Gasteiger partial charge in [0.2, 0.25) is 0 Å². The van der Waals surface area contributed by atoms with Crippen LogP contribution >= 0.6 is 0 Å². The van der Waals surface area contributed by atoms with Crippen LogP contribution in [0.5, 0.6) is 0 Å². The first kappa shape index (κ1) is 13.9. The number of nitrogens with zero attached hydrogens (tertiary/aromatic N) is 5. The van der Waals surface area contributed by atoms with E-state index in [0.29, 0.717) is 0 Å². The Kier molecular flexibility index (Phi) is 3.54.